The zero-order valence-corrected chi connectivity index (χ0v) is 9.88. The van der Waals surface area contributed by atoms with Gasteiger partial charge in [-0.1, -0.05) is 26.0 Å². The maximum Gasteiger partial charge on any atom is 0.168 e. The molecule has 0 saturated heterocycles. The molecule has 0 unspecified atom stereocenters. The first-order chi connectivity index (χ1) is 6.37. The van der Waals surface area contributed by atoms with Gasteiger partial charge < -0.3 is 0 Å². The summed E-state index contributed by atoms with van der Waals surface area (Å²) in [5, 5.41) is 1.16. The molecule has 0 fully saturated rings. The Morgan fingerprint density at radius 3 is 2.21 bits per heavy atom. The van der Waals surface area contributed by atoms with Gasteiger partial charge in [-0.25, -0.2) is 8.42 Å². The van der Waals surface area contributed by atoms with Gasteiger partial charge in [-0.2, -0.15) is 0 Å². The van der Waals surface area contributed by atoms with Crippen LogP contribution < -0.4 is 0 Å². The molecule has 0 aliphatic carbocycles. The quantitative estimate of drug-likeness (QED) is 0.530. The predicted molar refractivity (Wildman–Crippen MR) is 61.3 cm³/mol. The summed E-state index contributed by atoms with van der Waals surface area (Å²) in [6, 6.07) is 0. The van der Waals surface area contributed by atoms with Crippen LogP contribution in [0, 0.1) is 5.92 Å². The minimum absolute atomic E-state index is 0.350. The average molecular weight is 215 g/mol. The van der Waals surface area contributed by atoms with E-state index in [4.69, 9.17) is 0 Å². The lowest BCUT2D eigenvalue weighted by Gasteiger charge is -2.01. The lowest BCUT2D eigenvalue weighted by molar-refractivity contribution is 0.610. The smallest absolute Gasteiger partial charge is 0.168 e. The second-order valence-electron chi connectivity index (χ2n) is 3.32. The van der Waals surface area contributed by atoms with Gasteiger partial charge in [0.15, 0.2) is 9.84 Å². The normalized spacial score (nSPS) is 14.8. The van der Waals surface area contributed by atoms with Gasteiger partial charge in [0.25, 0.3) is 0 Å². The molecule has 0 spiro atoms. The Labute approximate surface area is 86.2 Å². The van der Waals surface area contributed by atoms with Crippen molar-refractivity contribution in [2.75, 3.05) is 13.3 Å². The van der Waals surface area contributed by atoms with Gasteiger partial charge >= 0.3 is 0 Å². The molecule has 4 heteroatoms. The van der Waals surface area contributed by atoms with Crippen molar-refractivity contribution in [3.05, 3.63) is 23.6 Å². The van der Waals surface area contributed by atoms with Crippen LogP contribution in [0.5, 0.6) is 0 Å². The first kappa shape index (κ1) is 13.1. The topological polar surface area (TPSA) is 46.5 Å². The average Bonchev–Trinajstić information content (AvgIpc) is 2.01. The Hall–Kier alpha value is -0.900. The van der Waals surface area contributed by atoms with Crippen molar-refractivity contribution < 1.29 is 8.42 Å². The van der Waals surface area contributed by atoms with Crippen LogP contribution in [0.4, 0.5) is 0 Å². The van der Waals surface area contributed by atoms with Gasteiger partial charge in [0, 0.05) is 24.4 Å². The van der Waals surface area contributed by atoms with E-state index in [2.05, 4.69) is 4.99 Å². The van der Waals surface area contributed by atoms with Gasteiger partial charge in [0.2, 0.25) is 0 Å². The molecule has 0 rings (SSSR count). The summed E-state index contributed by atoms with van der Waals surface area (Å²) in [5.74, 6) is 0.350. The Kier molecular flexibility index (Phi) is 5.38. The third kappa shape index (κ3) is 6.60. The van der Waals surface area contributed by atoms with Crippen molar-refractivity contribution >= 4 is 15.5 Å². The molecule has 0 aromatic rings. The molecular formula is C10H17NO2S. The van der Waals surface area contributed by atoms with Gasteiger partial charge in [-0.05, 0) is 12.0 Å². The molecule has 0 aromatic heterocycles. The highest BCUT2D eigenvalue weighted by molar-refractivity contribution is 7.93. The van der Waals surface area contributed by atoms with E-state index in [0.717, 1.165) is 17.4 Å². The highest BCUT2D eigenvalue weighted by Crippen LogP contribution is 1.98. The van der Waals surface area contributed by atoms with E-state index >= 15 is 0 Å². The molecule has 14 heavy (non-hydrogen) atoms. The van der Waals surface area contributed by atoms with Crippen molar-refractivity contribution in [3.63, 3.8) is 0 Å². The second kappa shape index (κ2) is 5.75. The van der Waals surface area contributed by atoms with E-state index in [0.29, 0.717) is 5.92 Å². The van der Waals surface area contributed by atoms with Gasteiger partial charge in [-0.3, -0.25) is 4.99 Å². The molecule has 0 aromatic carbocycles. The first-order valence-electron chi connectivity index (χ1n) is 4.38. The summed E-state index contributed by atoms with van der Waals surface area (Å²) in [6.07, 6.45) is 6.16. The Bertz CT molecular complexity index is 348. The summed E-state index contributed by atoms with van der Waals surface area (Å²) in [7, 11) is -1.30. The van der Waals surface area contributed by atoms with Crippen molar-refractivity contribution in [3.8, 4) is 0 Å². The minimum Gasteiger partial charge on any atom is -0.293 e. The van der Waals surface area contributed by atoms with Crippen LogP contribution in [0.2, 0.25) is 0 Å². The molecule has 0 atom stereocenters. The molecule has 0 saturated carbocycles. The van der Waals surface area contributed by atoms with Crippen LogP contribution in [0.1, 0.15) is 13.8 Å². The van der Waals surface area contributed by atoms with Crippen LogP contribution in [0.25, 0.3) is 0 Å². The van der Waals surface area contributed by atoms with E-state index in [-0.39, 0.29) is 0 Å². The van der Waals surface area contributed by atoms with Crippen LogP contribution in [-0.4, -0.2) is 27.4 Å². The van der Waals surface area contributed by atoms with E-state index in [9.17, 15) is 8.42 Å². The summed E-state index contributed by atoms with van der Waals surface area (Å²) in [6.45, 7) is 4.07. The number of allylic oxidation sites excluding steroid dienone is 3. The van der Waals surface area contributed by atoms with Crippen molar-refractivity contribution in [2.24, 2.45) is 10.9 Å². The van der Waals surface area contributed by atoms with Crippen LogP contribution in [0.3, 0.4) is 0 Å². The molecule has 0 bridgehead atoms. The number of hydrogen-bond acceptors (Lipinski definition) is 3. The molecule has 0 N–H and O–H groups in total. The zero-order valence-electron chi connectivity index (χ0n) is 9.06. The third-order valence-electron chi connectivity index (χ3n) is 1.55. The van der Waals surface area contributed by atoms with E-state index in [1.54, 1.807) is 13.1 Å². The number of aliphatic imine (C=N–C) groups is 1. The Balaban J connectivity index is 4.41. The number of hydrogen-bond donors (Lipinski definition) is 0. The second-order valence-corrected chi connectivity index (χ2v) is 5.25. The number of rotatable bonds is 4. The molecule has 0 amide bonds. The highest BCUT2D eigenvalue weighted by Gasteiger charge is 1.97. The first-order valence-corrected chi connectivity index (χ1v) is 6.33. The predicted octanol–water partition coefficient (Wildman–Crippen LogP) is 1.83. The third-order valence-corrected chi connectivity index (χ3v) is 2.21. The van der Waals surface area contributed by atoms with Crippen molar-refractivity contribution in [2.45, 2.75) is 13.8 Å². The molecule has 0 radical (unpaired) electrons. The Morgan fingerprint density at radius 2 is 1.86 bits per heavy atom. The zero-order chi connectivity index (χ0) is 11.2. The standard InChI is InChI=1S/C10H17NO2S/c1-9(2)10(11-3)7-5-6-8-14(4,12)13/h5-9H,1-4H3/b7-5-,8-6-,11-10?. The number of sulfone groups is 1. The molecule has 0 heterocycles. The maximum atomic E-state index is 10.7. The SMILES string of the molecule is CN=C(/C=C\C=C/S(C)(=O)=O)C(C)C. The molecule has 80 valence electrons. The minimum atomic E-state index is -3.02. The molecule has 0 aliphatic rings. The fourth-order valence-electron chi connectivity index (χ4n) is 0.867. The summed E-state index contributed by atoms with van der Waals surface area (Å²) in [5.41, 5.74) is 0.947. The van der Waals surface area contributed by atoms with Crippen molar-refractivity contribution in [1.29, 1.82) is 0 Å². The van der Waals surface area contributed by atoms with Gasteiger partial charge in [-0.15, -0.1) is 0 Å². The summed E-state index contributed by atoms with van der Waals surface area (Å²) >= 11 is 0. The van der Waals surface area contributed by atoms with Crippen LogP contribution >= 0.6 is 0 Å². The molecule has 0 aliphatic heterocycles. The van der Waals surface area contributed by atoms with E-state index in [1.807, 2.05) is 19.9 Å². The van der Waals surface area contributed by atoms with Crippen LogP contribution in [-0.2, 0) is 9.84 Å². The fraction of sp³-hybridized carbons (Fsp3) is 0.500. The van der Waals surface area contributed by atoms with Crippen molar-refractivity contribution in [1.82, 2.24) is 0 Å². The largest absolute Gasteiger partial charge is 0.293 e. The fourth-order valence-corrected chi connectivity index (χ4v) is 1.24. The molecule has 3 nitrogen and oxygen atoms in total. The lowest BCUT2D eigenvalue weighted by Crippen LogP contribution is -2.02. The van der Waals surface area contributed by atoms with Gasteiger partial charge in [0.1, 0.15) is 0 Å². The molecular weight excluding hydrogens is 198 g/mol. The maximum absolute atomic E-state index is 10.7. The monoisotopic (exact) mass is 215 g/mol. The van der Waals surface area contributed by atoms with Crippen LogP contribution in [0.15, 0.2) is 28.6 Å². The highest BCUT2D eigenvalue weighted by atomic mass is 32.2. The summed E-state index contributed by atoms with van der Waals surface area (Å²) in [4.78, 5) is 4.07. The van der Waals surface area contributed by atoms with E-state index in [1.165, 1.54) is 6.08 Å². The van der Waals surface area contributed by atoms with Gasteiger partial charge in [0.05, 0.1) is 0 Å². The van der Waals surface area contributed by atoms with E-state index < -0.39 is 9.84 Å². The Morgan fingerprint density at radius 1 is 1.29 bits per heavy atom. The lowest BCUT2D eigenvalue weighted by atomic mass is 10.1. The summed E-state index contributed by atoms with van der Waals surface area (Å²) < 4.78 is 21.5. The number of nitrogens with zero attached hydrogens (tertiary/aromatic N) is 1.